The summed E-state index contributed by atoms with van der Waals surface area (Å²) in [6.45, 7) is 1.56. The number of hydrogen-bond acceptors (Lipinski definition) is 4. The van der Waals surface area contributed by atoms with Crippen LogP contribution in [0.4, 0.5) is 0 Å². The minimum atomic E-state index is -3.15. The number of para-hydroxylation sites is 1. The highest BCUT2D eigenvalue weighted by Crippen LogP contribution is 2.23. The molecule has 0 spiro atoms. The van der Waals surface area contributed by atoms with Crippen LogP contribution in [0.15, 0.2) is 24.3 Å². The Morgan fingerprint density at radius 3 is 2.55 bits per heavy atom. The number of carboxylic acid groups (broad SMARTS) is 1. The van der Waals surface area contributed by atoms with Crippen molar-refractivity contribution in [3.8, 4) is 5.75 Å². The molecule has 0 bridgehead atoms. The molecule has 0 aliphatic carbocycles. The number of carbonyl (C=O) groups is 1. The molecule has 0 fully saturated rings. The van der Waals surface area contributed by atoms with Crippen LogP contribution < -0.4 is 4.74 Å². The normalized spacial score (nSPS) is 12.9. The summed E-state index contributed by atoms with van der Waals surface area (Å²) in [6, 6.07) is 7.17. The summed E-state index contributed by atoms with van der Waals surface area (Å²) >= 11 is 0. The second kappa shape index (κ2) is 7.28. The summed E-state index contributed by atoms with van der Waals surface area (Å²) in [6.07, 6.45) is 0.377. The molecule has 0 radical (unpaired) electrons. The van der Waals surface area contributed by atoms with Gasteiger partial charge < -0.3 is 9.84 Å². The van der Waals surface area contributed by atoms with E-state index in [1.165, 1.54) is 7.11 Å². The molecule has 5 nitrogen and oxygen atoms in total. The van der Waals surface area contributed by atoms with E-state index in [1.807, 2.05) is 0 Å². The second-order valence-electron chi connectivity index (χ2n) is 4.58. The highest BCUT2D eigenvalue weighted by Gasteiger charge is 2.22. The van der Waals surface area contributed by atoms with E-state index >= 15 is 0 Å². The standard InChI is InChI=1S/C14H20O5S/c1-3-20(17,18)9-8-12(14(15)16)10-11-6-4-5-7-13(11)19-2/h4-7,12H,3,8-10H2,1-2H3,(H,15,16). The lowest BCUT2D eigenvalue weighted by molar-refractivity contribution is -0.141. The van der Waals surface area contributed by atoms with Crippen LogP contribution in [0.1, 0.15) is 18.9 Å². The van der Waals surface area contributed by atoms with Gasteiger partial charge in [0.05, 0.1) is 18.8 Å². The van der Waals surface area contributed by atoms with Gasteiger partial charge in [0.15, 0.2) is 0 Å². The van der Waals surface area contributed by atoms with E-state index in [0.717, 1.165) is 5.56 Å². The largest absolute Gasteiger partial charge is 0.496 e. The van der Waals surface area contributed by atoms with E-state index < -0.39 is 21.7 Å². The number of rotatable bonds is 8. The topological polar surface area (TPSA) is 80.7 Å². The molecule has 1 aromatic rings. The molecule has 1 atom stereocenters. The van der Waals surface area contributed by atoms with Gasteiger partial charge in [0.1, 0.15) is 15.6 Å². The van der Waals surface area contributed by atoms with Gasteiger partial charge in [-0.1, -0.05) is 25.1 Å². The predicted molar refractivity (Wildman–Crippen MR) is 76.8 cm³/mol. The van der Waals surface area contributed by atoms with Gasteiger partial charge in [-0.3, -0.25) is 4.79 Å². The number of methoxy groups -OCH3 is 1. The van der Waals surface area contributed by atoms with Crippen molar-refractivity contribution >= 4 is 15.8 Å². The Morgan fingerprint density at radius 1 is 1.35 bits per heavy atom. The molecule has 0 aliphatic heterocycles. The van der Waals surface area contributed by atoms with Crippen LogP contribution in [0.25, 0.3) is 0 Å². The fourth-order valence-corrected chi connectivity index (χ4v) is 2.85. The zero-order valence-corrected chi connectivity index (χ0v) is 12.5. The third kappa shape index (κ3) is 4.85. The Morgan fingerprint density at radius 2 is 2.00 bits per heavy atom. The van der Waals surface area contributed by atoms with E-state index in [4.69, 9.17) is 4.74 Å². The maximum Gasteiger partial charge on any atom is 0.306 e. The number of carboxylic acids is 1. The zero-order valence-electron chi connectivity index (χ0n) is 11.7. The van der Waals surface area contributed by atoms with Gasteiger partial charge in [0, 0.05) is 5.75 Å². The minimum Gasteiger partial charge on any atom is -0.496 e. The van der Waals surface area contributed by atoms with Crippen LogP contribution in [0.3, 0.4) is 0 Å². The first kappa shape index (κ1) is 16.5. The summed E-state index contributed by atoms with van der Waals surface area (Å²) in [7, 11) is -1.63. The summed E-state index contributed by atoms with van der Waals surface area (Å²) in [4.78, 5) is 11.3. The van der Waals surface area contributed by atoms with Crippen molar-refractivity contribution in [2.75, 3.05) is 18.6 Å². The van der Waals surface area contributed by atoms with Gasteiger partial charge in [0.25, 0.3) is 0 Å². The summed E-state index contributed by atoms with van der Waals surface area (Å²) in [5.74, 6) is -1.16. The predicted octanol–water partition coefficient (Wildman–Crippen LogP) is 1.76. The molecule has 1 rings (SSSR count). The van der Waals surface area contributed by atoms with Crippen molar-refractivity contribution in [1.82, 2.24) is 0 Å². The highest BCUT2D eigenvalue weighted by atomic mass is 32.2. The SMILES string of the molecule is CCS(=O)(=O)CCC(Cc1ccccc1OC)C(=O)O. The van der Waals surface area contributed by atoms with E-state index in [2.05, 4.69) is 0 Å². The van der Waals surface area contributed by atoms with Gasteiger partial charge in [-0.05, 0) is 24.5 Å². The Bertz CT molecular complexity index is 550. The lowest BCUT2D eigenvalue weighted by atomic mass is 9.96. The Kier molecular flexibility index (Phi) is 6.01. The first-order chi connectivity index (χ1) is 9.39. The number of benzene rings is 1. The third-order valence-electron chi connectivity index (χ3n) is 3.23. The van der Waals surface area contributed by atoms with Crippen molar-refractivity contribution in [1.29, 1.82) is 0 Å². The van der Waals surface area contributed by atoms with E-state index in [9.17, 15) is 18.3 Å². The Hall–Kier alpha value is -1.56. The first-order valence-electron chi connectivity index (χ1n) is 6.44. The molecular formula is C14H20O5S. The molecule has 6 heteroatoms. The number of ether oxygens (including phenoxy) is 1. The zero-order chi connectivity index (χ0) is 15.2. The van der Waals surface area contributed by atoms with Gasteiger partial charge in [-0.15, -0.1) is 0 Å². The van der Waals surface area contributed by atoms with Crippen LogP contribution in [-0.2, 0) is 21.1 Å². The van der Waals surface area contributed by atoms with Crippen LogP contribution >= 0.6 is 0 Å². The summed E-state index contributed by atoms with van der Waals surface area (Å²) in [5.41, 5.74) is 0.774. The van der Waals surface area contributed by atoms with Gasteiger partial charge in [0.2, 0.25) is 0 Å². The average molecular weight is 300 g/mol. The van der Waals surface area contributed by atoms with Crippen molar-refractivity contribution in [3.05, 3.63) is 29.8 Å². The van der Waals surface area contributed by atoms with E-state index in [1.54, 1.807) is 31.2 Å². The second-order valence-corrected chi connectivity index (χ2v) is 7.05. The fraction of sp³-hybridized carbons (Fsp3) is 0.500. The third-order valence-corrected chi connectivity index (χ3v) is 4.96. The van der Waals surface area contributed by atoms with Gasteiger partial charge >= 0.3 is 5.97 Å². The van der Waals surface area contributed by atoms with Crippen LogP contribution in [-0.4, -0.2) is 38.1 Å². The minimum absolute atomic E-state index is 0.0357. The maximum absolute atomic E-state index is 11.5. The van der Waals surface area contributed by atoms with E-state index in [-0.39, 0.29) is 24.3 Å². The number of sulfone groups is 1. The Labute approximate surface area is 119 Å². The lowest BCUT2D eigenvalue weighted by Gasteiger charge is -2.14. The van der Waals surface area contributed by atoms with Crippen LogP contribution in [0.5, 0.6) is 5.75 Å². The van der Waals surface area contributed by atoms with Crippen molar-refractivity contribution < 1.29 is 23.1 Å². The molecular weight excluding hydrogens is 280 g/mol. The quantitative estimate of drug-likeness (QED) is 0.791. The number of aliphatic carboxylic acids is 1. The van der Waals surface area contributed by atoms with Crippen LogP contribution in [0, 0.1) is 5.92 Å². The molecule has 1 unspecified atom stereocenters. The molecule has 1 N–H and O–H groups in total. The molecule has 112 valence electrons. The molecule has 0 saturated carbocycles. The number of hydrogen-bond donors (Lipinski definition) is 1. The summed E-state index contributed by atoms with van der Waals surface area (Å²) in [5, 5.41) is 9.23. The highest BCUT2D eigenvalue weighted by molar-refractivity contribution is 7.91. The van der Waals surface area contributed by atoms with Crippen LogP contribution in [0.2, 0.25) is 0 Å². The molecule has 20 heavy (non-hydrogen) atoms. The van der Waals surface area contributed by atoms with Crippen molar-refractivity contribution in [2.45, 2.75) is 19.8 Å². The van der Waals surface area contributed by atoms with Gasteiger partial charge in [-0.25, -0.2) is 8.42 Å². The lowest BCUT2D eigenvalue weighted by Crippen LogP contribution is -2.21. The summed E-state index contributed by atoms with van der Waals surface area (Å²) < 4.78 is 28.1. The smallest absolute Gasteiger partial charge is 0.306 e. The Balaban J connectivity index is 2.80. The molecule has 0 aliphatic rings. The molecule has 0 saturated heterocycles. The molecule has 0 heterocycles. The molecule has 0 aromatic heterocycles. The monoisotopic (exact) mass is 300 g/mol. The average Bonchev–Trinajstić information content (AvgIpc) is 2.43. The first-order valence-corrected chi connectivity index (χ1v) is 8.27. The molecule has 0 amide bonds. The van der Waals surface area contributed by atoms with Crippen molar-refractivity contribution in [3.63, 3.8) is 0 Å². The van der Waals surface area contributed by atoms with Gasteiger partial charge in [-0.2, -0.15) is 0 Å². The van der Waals surface area contributed by atoms with Crippen molar-refractivity contribution in [2.24, 2.45) is 5.92 Å². The fourth-order valence-electron chi connectivity index (χ4n) is 1.92. The maximum atomic E-state index is 11.5. The molecule has 1 aromatic carbocycles. The van der Waals surface area contributed by atoms with E-state index in [0.29, 0.717) is 5.75 Å².